The van der Waals surface area contributed by atoms with E-state index in [1.54, 1.807) is 0 Å². The highest BCUT2D eigenvalue weighted by molar-refractivity contribution is 6.33. The number of nitro groups is 1. The summed E-state index contributed by atoms with van der Waals surface area (Å²) in [7, 11) is 0. The Balaban J connectivity index is 1.94. The Morgan fingerprint density at radius 2 is 1.88 bits per heavy atom. The van der Waals surface area contributed by atoms with Crippen LogP contribution in [0.1, 0.15) is 10.4 Å². The first kappa shape index (κ1) is 17.4. The lowest BCUT2D eigenvalue weighted by atomic mass is 10.2. The Morgan fingerprint density at radius 3 is 2.46 bits per heavy atom. The van der Waals surface area contributed by atoms with Crippen molar-refractivity contribution in [1.82, 2.24) is 0 Å². The average molecular weight is 353 g/mol. The van der Waals surface area contributed by atoms with E-state index in [0.29, 0.717) is 5.69 Å². The molecule has 0 heterocycles. The molecule has 2 aromatic rings. The van der Waals surface area contributed by atoms with Gasteiger partial charge in [0.25, 0.3) is 11.6 Å². The van der Waals surface area contributed by atoms with Gasteiger partial charge in [-0.15, -0.1) is 0 Å². The van der Waals surface area contributed by atoms with Gasteiger partial charge in [0.1, 0.15) is 5.82 Å². The summed E-state index contributed by atoms with van der Waals surface area (Å²) in [6.07, 6.45) is 0. The molecule has 0 unspecified atom stereocenters. The first-order valence-corrected chi connectivity index (χ1v) is 6.91. The van der Waals surface area contributed by atoms with Gasteiger partial charge < -0.3 is 10.1 Å². The number of carbonyl (C=O) groups is 2. The zero-order valence-electron chi connectivity index (χ0n) is 12.0. The second-order valence-corrected chi connectivity index (χ2v) is 4.96. The molecule has 2 rings (SSSR count). The van der Waals surface area contributed by atoms with Crippen molar-refractivity contribution in [2.75, 3.05) is 11.9 Å². The van der Waals surface area contributed by atoms with Crippen molar-refractivity contribution in [1.29, 1.82) is 0 Å². The lowest BCUT2D eigenvalue weighted by molar-refractivity contribution is -0.384. The fourth-order valence-corrected chi connectivity index (χ4v) is 1.97. The maximum Gasteiger partial charge on any atom is 0.340 e. The van der Waals surface area contributed by atoms with Crippen molar-refractivity contribution in [3.8, 4) is 0 Å². The Labute approximate surface area is 140 Å². The normalized spacial score (nSPS) is 10.1. The second-order valence-electron chi connectivity index (χ2n) is 4.55. The predicted octanol–water partition coefficient (Wildman–Crippen LogP) is 3.18. The molecule has 0 atom stereocenters. The number of nitro benzene ring substituents is 1. The van der Waals surface area contributed by atoms with E-state index in [4.69, 9.17) is 16.3 Å². The summed E-state index contributed by atoms with van der Waals surface area (Å²) < 4.78 is 17.5. The van der Waals surface area contributed by atoms with Crippen LogP contribution in [-0.2, 0) is 9.53 Å². The number of hydrogen-bond donors (Lipinski definition) is 1. The number of nitrogens with zero attached hydrogens (tertiary/aromatic N) is 1. The van der Waals surface area contributed by atoms with E-state index in [0.717, 1.165) is 30.3 Å². The van der Waals surface area contributed by atoms with Gasteiger partial charge in [0, 0.05) is 17.8 Å². The van der Waals surface area contributed by atoms with Gasteiger partial charge >= 0.3 is 5.97 Å². The first-order chi connectivity index (χ1) is 11.4. The van der Waals surface area contributed by atoms with Crippen LogP contribution < -0.4 is 5.32 Å². The number of ether oxygens (including phenoxy) is 1. The third kappa shape index (κ3) is 4.50. The molecular formula is C15H10ClFN2O5. The Morgan fingerprint density at radius 1 is 1.21 bits per heavy atom. The minimum Gasteiger partial charge on any atom is -0.452 e. The van der Waals surface area contributed by atoms with Crippen LogP contribution in [0.2, 0.25) is 5.02 Å². The molecule has 0 aliphatic carbocycles. The molecule has 0 aliphatic heterocycles. The maximum absolute atomic E-state index is 12.7. The first-order valence-electron chi connectivity index (χ1n) is 6.53. The van der Waals surface area contributed by atoms with E-state index in [-0.39, 0.29) is 16.3 Å². The molecule has 24 heavy (non-hydrogen) atoms. The van der Waals surface area contributed by atoms with Crippen LogP contribution in [0.3, 0.4) is 0 Å². The monoisotopic (exact) mass is 352 g/mol. The van der Waals surface area contributed by atoms with E-state index >= 15 is 0 Å². The summed E-state index contributed by atoms with van der Waals surface area (Å²) in [5.41, 5.74) is -0.0340. The summed E-state index contributed by atoms with van der Waals surface area (Å²) >= 11 is 5.79. The highest BCUT2D eigenvalue weighted by Gasteiger charge is 2.17. The summed E-state index contributed by atoms with van der Waals surface area (Å²) in [5.74, 6) is -1.98. The molecule has 1 N–H and O–H groups in total. The topological polar surface area (TPSA) is 98.5 Å². The summed E-state index contributed by atoms with van der Waals surface area (Å²) in [6.45, 7) is -0.594. The Bertz CT molecular complexity index is 795. The molecule has 0 fully saturated rings. The fraction of sp³-hybridized carbons (Fsp3) is 0.0667. The largest absolute Gasteiger partial charge is 0.452 e. The molecular weight excluding hydrogens is 343 g/mol. The van der Waals surface area contributed by atoms with Crippen molar-refractivity contribution in [2.24, 2.45) is 0 Å². The summed E-state index contributed by atoms with van der Waals surface area (Å²) in [6, 6.07) is 8.28. The van der Waals surface area contributed by atoms with E-state index in [1.807, 2.05) is 0 Å². The minimum absolute atomic E-state index is 0.100. The van der Waals surface area contributed by atoms with Gasteiger partial charge in [-0.1, -0.05) is 11.6 Å². The van der Waals surface area contributed by atoms with Crippen LogP contribution in [0.5, 0.6) is 0 Å². The number of benzene rings is 2. The summed E-state index contributed by atoms with van der Waals surface area (Å²) in [5, 5.41) is 12.8. The molecule has 7 nitrogen and oxygen atoms in total. The molecule has 9 heteroatoms. The zero-order valence-corrected chi connectivity index (χ0v) is 12.7. The number of halogens is 2. The third-order valence-corrected chi connectivity index (χ3v) is 3.16. The van der Waals surface area contributed by atoms with Gasteiger partial charge in [0.2, 0.25) is 0 Å². The van der Waals surface area contributed by atoms with Crippen molar-refractivity contribution in [2.45, 2.75) is 0 Å². The molecule has 2 aromatic carbocycles. The number of nitrogens with one attached hydrogen (secondary N) is 1. The number of carbonyl (C=O) groups excluding carboxylic acids is 2. The minimum atomic E-state index is -0.899. The van der Waals surface area contributed by atoms with Crippen LogP contribution >= 0.6 is 11.6 Å². The van der Waals surface area contributed by atoms with Crippen LogP contribution in [0.4, 0.5) is 15.8 Å². The van der Waals surface area contributed by atoms with Gasteiger partial charge in [-0.05, 0) is 30.3 Å². The van der Waals surface area contributed by atoms with Crippen molar-refractivity contribution in [3.63, 3.8) is 0 Å². The molecule has 124 valence electrons. The number of rotatable bonds is 5. The van der Waals surface area contributed by atoms with E-state index in [2.05, 4.69) is 5.32 Å². The van der Waals surface area contributed by atoms with Crippen molar-refractivity contribution < 1.29 is 23.6 Å². The van der Waals surface area contributed by atoms with Gasteiger partial charge in [-0.3, -0.25) is 14.9 Å². The lowest BCUT2D eigenvalue weighted by Gasteiger charge is -2.07. The lowest BCUT2D eigenvalue weighted by Crippen LogP contribution is -2.21. The average Bonchev–Trinajstić information content (AvgIpc) is 2.54. The highest BCUT2D eigenvalue weighted by Crippen LogP contribution is 2.23. The van der Waals surface area contributed by atoms with Crippen molar-refractivity contribution >= 4 is 34.9 Å². The predicted molar refractivity (Wildman–Crippen MR) is 83.4 cm³/mol. The maximum atomic E-state index is 12.7. The molecule has 0 aliphatic rings. The van der Waals surface area contributed by atoms with Crippen LogP contribution in [0.25, 0.3) is 0 Å². The number of anilines is 1. The van der Waals surface area contributed by atoms with Crippen LogP contribution in [0.15, 0.2) is 42.5 Å². The molecule has 0 saturated carbocycles. The quantitative estimate of drug-likeness (QED) is 0.506. The number of esters is 1. The Kier molecular flexibility index (Phi) is 5.43. The standard InChI is InChI=1S/C15H10ClFN2O5/c16-13-7-11(19(22)23)5-6-12(13)15(21)24-8-14(20)18-10-3-1-9(17)2-4-10/h1-7H,8H2,(H,18,20). The van der Waals surface area contributed by atoms with Crippen molar-refractivity contribution in [3.05, 3.63) is 69.0 Å². The molecule has 0 aromatic heterocycles. The fourth-order valence-electron chi connectivity index (χ4n) is 1.72. The molecule has 0 radical (unpaired) electrons. The van der Waals surface area contributed by atoms with Gasteiger partial charge in [0.15, 0.2) is 6.61 Å². The smallest absolute Gasteiger partial charge is 0.340 e. The van der Waals surface area contributed by atoms with Gasteiger partial charge in [0.05, 0.1) is 15.5 Å². The van der Waals surface area contributed by atoms with Gasteiger partial charge in [-0.25, -0.2) is 9.18 Å². The molecule has 0 spiro atoms. The second kappa shape index (κ2) is 7.51. The highest BCUT2D eigenvalue weighted by atomic mass is 35.5. The van der Waals surface area contributed by atoms with E-state index in [9.17, 15) is 24.1 Å². The zero-order chi connectivity index (χ0) is 17.7. The van der Waals surface area contributed by atoms with E-state index in [1.165, 1.54) is 12.1 Å². The SMILES string of the molecule is O=C(COC(=O)c1ccc([N+](=O)[O-])cc1Cl)Nc1ccc(F)cc1. The van der Waals surface area contributed by atoms with Gasteiger partial charge in [-0.2, -0.15) is 0 Å². The molecule has 1 amide bonds. The number of amides is 1. The van der Waals surface area contributed by atoms with Crippen LogP contribution in [0, 0.1) is 15.9 Å². The molecule has 0 saturated heterocycles. The number of hydrogen-bond acceptors (Lipinski definition) is 5. The molecule has 0 bridgehead atoms. The third-order valence-electron chi connectivity index (χ3n) is 2.85. The van der Waals surface area contributed by atoms with E-state index < -0.39 is 29.2 Å². The Hall–Kier alpha value is -3.00. The number of non-ortho nitro benzene ring substituents is 1. The summed E-state index contributed by atoms with van der Waals surface area (Å²) in [4.78, 5) is 33.4. The van der Waals surface area contributed by atoms with Crippen LogP contribution in [-0.4, -0.2) is 23.4 Å².